The van der Waals surface area contributed by atoms with Gasteiger partial charge in [0.15, 0.2) is 0 Å². The molecule has 2 heterocycles. The van der Waals surface area contributed by atoms with Crippen molar-refractivity contribution >= 4 is 11.3 Å². The molecule has 0 fully saturated rings. The van der Waals surface area contributed by atoms with Gasteiger partial charge in [0.25, 0.3) is 0 Å². The molecular weight excluding hydrogens is 254 g/mol. The summed E-state index contributed by atoms with van der Waals surface area (Å²) in [5, 5.41) is 3.40. The minimum absolute atomic E-state index is 0.228. The molecule has 0 bridgehead atoms. The fraction of sp³-hybridized carbons (Fsp3) is 0.533. The van der Waals surface area contributed by atoms with Crippen LogP contribution in [0.3, 0.4) is 0 Å². The van der Waals surface area contributed by atoms with Crippen LogP contribution in [0.1, 0.15) is 60.5 Å². The number of hydrogen-bond acceptors (Lipinski definition) is 3. The van der Waals surface area contributed by atoms with Gasteiger partial charge in [-0.15, -0.1) is 11.3 Å². The monoisotopic (exact) mass is 275 g/mol. The molecule has 1 aliphatic carbocycles. The van der Waals surface area contributed by atoms with E-state index in [1.54, 1.807) is 11.3 Å². The highest BCUT2D eigenvalue weighted by Gasteiger charge is 2.19. The third kappa shape index (κ3) is 2.60. The zero-order valence-corrected chi connectivity index (χ0v) is 12.4. The molecule has 1 atom stereocenters. The van der Waals surface area contributed by atoms with Gasteiger partial charge in [-0.3, -0.25) is 0 Å². The van der Waals surface area contributed by atoms with Crippen molar-refractivity contribution in [3.8, 4) is 0 Å². The molecule has 0 amide bonds. The highest BCUT2D eigenvalue weighted by molar-refractivity contribution is 7.09. The standard InChI is InChI=1S/C15H21N3S/c1-10(2)15-17-12(9-19-15)7-18-6-11-4-3-5-14(16)13(11)8-18/h6,8-10,14H,3-5,7,16H2,1-2H3. The summed E-state index contributed by atoms with van der Waals surface area (Å²) < 4.78 is 2.25. The SMILES string of the molecule is CC(C)c1nc(Cn2cc3c(c2)C(N)CCC3)cs1. The third-order valence-corrected chi connectivity index (χ3v) is 4.96. The molecular formula is C15H21N3S. The Balaban J connectivity index is 1.79. The number of fused-ring (bicyclic) bond motifs is 1. The smallest absolute Gasteiger partial charge is 0.0954 e. The number of rotatable bonds is 3. The molecule has 1 aliphatic rings. The molecule has 0 saturated carbocycles. The average Bonchev–Trinajstić information content (AvgIpc) is 2.96. The molecule has 2 N–H and O–H groups in total. The molecule has 19 heavy (non-hydrogen) atoms. The maximum absolute atomic E-state index is 6.17. The van der Waals surface area contributed by atoms with E-state index in [2.05, 4.69) is 36.2 Å². The summed E-state index contributed by atoms with van der Waals surface area (Å²) >= 11 is 1.76. The van der Waals surface area contributed by atoms with Crippen LogP contribution in [0.4, 0.5) is 0 Å². The summed E-state index contributed by atoms with van der Waals surface area (Å²) in [6.07, 6.45) is 7.97. The molecule has 4 heteroatoms. The Kier molecular flexibility index (Phi) is 3.46. The lowest BCUT2D eigenvalue weighted by molar-refractivity contribution is 0.573. The summed E-state index contributed by atoms with van der Waals surface area (Å²) in [4.78, 5) is 4.70. The van der Waals surface area contributed by atoms with Gasteiger partial charge < -0.3 is 10.3 Å². The van der Waals surface area contributed by atoms with Gasteiger partial charge in [0.05, 0.1) is 17.2 Å². The Bertz CT molecular complexity index is 568. The first kappa shape index (κ1) is 12.9. The van der Waals surface area contributed by atoms with Crippen LogP contribution < -0.4 is 5.73 Å². The first-order valence-electron chi connectivity index (χ1n) is 7.02. The number of aryl methyl sites for hydroxylation is 1. The lowest BCUT2D eigenvalue weighted by Gasteiger charge is -2.17. The maximum Gasteiger partial charge on any atom is 0.0954 e. The Morgan fingerprint density at radius 2 is 2.32 bits per heavy atom. The Hall–Kier alpha value is -1.13. The van der Waals surface area contributed by atoms with Crippen molar-refractivity contribution in [2.75, 3.05) is 0 Å². The molecule has 2 aromatic heterocycles. The van der Waals surface area contributed by atoms with Gasteiger partial charge in [-0.05, 0) is 30.4 Å². The minimum atomic E-state index is 0.228. The maximum atomic E-state index is 6.17. The number of hydrogen-bond donors (Lipinski definition) is 1. The van der Waals surface area contributed by atoms with E-state index in [1.165, 1.54) is 29.0 Å². The first-order chi connectivity index (χ1) is 9.13. The Morgan fingerprint density at radius 1 is 1.47 bits per heavy atom. The summed E-state index contributed by atoms with van der Waals surface area (Å²) in [6.45, 7) is 5.24. The van der Waals surface area contributed by atoms with Gasteiger partial charge >= 0.3 is 0 Å². The van der Waals surface area contributed by atoms with Crippen LogP contribution in [-0.4, -0.2) is 9.55 Å². The van der Waals surface area contributed by atoms with Gasteiger partial charge in [-0.25, -0.2) is 4.98 Å². The zero-order chi connectivity index (χ0) is 13.4. The normalized spacial score (nSPS) is 18.8. The second-order valence-corrected chi connectivity index (χ2v) is 6.63. The molecule has 0 aliphatic heterocycles. The molecule has 0 saturated heterocycles. The zero-order valence-electron chi connectivity index (χ0n) is 11.6. The van der Waals surface area contributed by atoms with Gasteiger partial charge in [0.1, 0.15) is 0 Å². The second-order valence-electron chi connectivity index (χ2n) is 5.74. The lowest BCUT2D eigenvalue weighted by atomic mass is 9.92. The van der Waals surface area contributed by atoms with Gasteiger partial charge in [-0.2, -0.15) is 0 Å². The number of nitrogens with zero attached hydrogens (tertiary/aromatic N) is 2. The lowest BCUT2D eigenvalue weighted by Crippen LogP contribution is -2.15. The van der Waals surface area contributed by atoms with Crippen molar-refractivity contribution in [1.29, 1.82) is 0 Å². The summed E-state index contributed by atoms with van der Waals surface area (Å²) in [5.74, 6) is 0.519. The van der Waals surface area contributed by atoms with E-state index in [4.69, 9.17) is 10.7 Å². The average molecular weight is 275 g/mol. The predicted molar refractivity (Wildman–Crippen MR) is 79.6 cm³/mol. The van der Waals surface area contributed by atoms with Crippen LogP contribution in [0, 0.1) is 0 Å². The fourth-order valence-electron chi connectivity index (χ4n) is 2.72. The van der Waals surface area contributed by atoms with Crippen LogP contribution >= 0.6 is 11.3 Å². The Labute approximate surface area is 118 Å². The minimum Gasteiger partial charge on any atom is -0.348 e. The van der Waals surface area contributed by atoms with E-state index >= 15 is 0 Å². The number of aromatic nitrogens is 2. The van der Waals surface area contributed by atoms with Gasteiger partial charge in [0, 0.05) is 29.7 Å². The van der Waals surface area contributed by atoms with E-state index in [9.17, 15) is 0 Å². The number of nitrogens with two attached hydrogens (primary N) is 1. The van der Waals surface area contributed by atoms with Gasteiger partial charge in [-0.1, -0.05) is 13.8 Å². The first-order valence-corrected chi connectivity index (χ1v) is 7.90. The van der Waals surface area contributed by atoms with E-state index < -0.39 is 0 Å². The van der Waals surface area contributed by atoms with Gasteiger partial charge in [0.2, 0.25) is 0 Å². The summed E-state index contributed by atoms with van der Waals surface area (Å²) in [5.41, 5.74) is 10.1. The quantitative estimate of drug-likeness (QED) is 0.932. The highest BCUT2D eigenvalue weighted by Crippen LogP contribution is 2.29. The Morgan fingerprint density at radius 3 is 3.00 bits per heavy atom. The topological polar surface area (TPSA) is 43.8 Å². The van der Waals surface area contributed by atoms with E-state index in [-0.39, 0.29) is 6.04 Å². The van der Waals surface area contributed by atoms with Crippen molar-refractivity contribution < 1.29 is 0 Å². The molecule has 102 valence electrons. The van der Waals surface area contributed by atoms with E-state index in [1.807, 2.05) is 0 Å². The van der Waals surface area contributed by atoms with Crippen LogP contribution in [0.15, 0.2) is 17.8 Å². The van der Waals surface area contributed by atoms with Crippen molar-refractivity contribution in [3.63, 3.8) is 0 Å². The molecule has 0 aromatic carbocycles. The second kappa shape index (κ2) is 5.10. The molecule has 0 spiro atoms. The molecule has 3 rings (SSSR count). The van der Waals surface area contributed by atoms with Crippen molar-refractivity contribution in [1.82, 2.24) is 9.55 Å². The highest BCUT2D eigenvalue weighted by atomic mass is 32.1. The van der Waals surface area contributed by atoms with Crippen molar-refractivity contribution in [2.45, 2.75) is 51.6 Å². The van der Waals surface area contributed by atoms with Crippen molar-refractivity contribution in [3.05, 3.63) is 39.6 Å². The summed E-state index contributed by atoms with van der Waals surface area (Å²) in [6, 6.07) is 0.228. The molecule has 1 unspecified atom stereocenters. The summed E-state index contributed by atoms with van der Waals surface area (Å²) in [7, 11) is 0. The van der Waals surface area contributed by atoms with Crippen molar-refractivity contribution in [2.24, 2.45) is 5.73 Å². The van der Waals surface area contributed by atoms with E-state index in [0.29, 0.717) is 5.92 Å². The largest absolute Gasteiger partial charge is 0.348 e. The van der Waals surface area contributed by atoms with Crippen LogP contribution in [-0.2, 0) is 13.0 Å². The van der Waals surface area contributed by atoms with Crippen LogP contribution in [0.5, 0.6) is 0 Å². The molecule has 0 radical (unpaired) electrons. The fourth-order valence-corrected chi connectivity index (χ4v) is 3.55. The predicted octanol–water partition coefficient (Wildman–Crippen LogP) is 3.45. The number of thiazole rings is 1. The van der Waals surface area contributed by atoms with Crippen LogP contribution in [0.2, 0.25) is 0 Å². The van der Waals surface area contributed by atoms with E-state index in [0.717, 1.165) is 18.7 Å². The molecule has 3 nitrogen and oxygen atoms in total. The molecule has 2 aromatic rings. The third-order valence-electron chi connectivity index (χ3n) is 3.77. The van der Waals surface area contributed by atoms with Crippen LogP contribution in [0.25, 0.3) is 0 Å².